The molecule has 41 heavy (non-hydrogen) atoms. The molecule has 0 aliphatic carbocycles. The Labute approximate surface area is 231 Å². The van der Waals surface area contributed by atoms with Crippen molar-refractivity contribution in [1.82, 2.24) is 0 Å². The second-order valence-corrected chi connectivity index (χ2v) is 9.07. The number of benzene rings is 4. The third kappa shape index (κ3) is 5.22. The molecule has 0 spiro atoms. The number of fused-ring (bicyclic) bond motifs is 1. The lowest BCUT2D eigenvalue weighted by Crippen LogP contribution is -2.26. The van der Waals surface area contributed by atoms with E-state index in [2.05, 4.69) is 15.3 Å². The molecular formula is C30H22F3N3O5. The minimum absolute atomic E-state index is 0.0208. The van der Waals surface area contributed by atoms with Crippen LogP contribution in [0.3, 0.4) is 0 Å². The number of hydrogen-bond donors (Lipinski definition) is 3. The topological polar surface area (TPSA) is 111 Å². The molecule has 0 bridgehead atoms. The molecule has 0 aromatic heterocycles. The number of nitrogens with zero attached hydrogens (tertiary/aromatic N) is 2. The molecule has 1 unspecified atom stereocenters. The Morgan fingerprint density at radius 3 is 2.32 bits per heavy atom. The number of phenols is 1. The molecule has 5 rings (SSSR count). The fourth-order valence-corrected chi connectivity index (χ4v) is 4.62. The summed E-state index contributed by atoms with van der Waals surface area (Å²) in [6, 6.07) is 23.0. The van der Waals surface area contributed by atoms with Gasteiger partial charge < -0.3 is 14.9 Å². The van der Waals surface area contributed by atoms with E-state index in [1.165, 1.54) is 41.3 Å². The van der Waals surface area contributed by atoms with Crippen molar-refractivity contribution in [2.45, 2.75) is 12.3 Å². The largest absolute Gasteiger partial charge is 0.505 e. The van der Waals surface area contributed by atoms with Gasteiger partial charge in [-0.3, -0.25) is 15.1 Å². The Hall–Kier alpha value is -5.16. The summed E-state index contributed by atoms with van der Waals surface area (Å²) in [7, 11) is 0.975. The maximum absolute atomic E-state index is 13.5. The Balaban J connectivity index is 1.46. The van der Waals surface area contributed by atoms with Gasteiger partial charge in [-0.25, -0.2) is 4.79 Å². The monoisotopic (exact) mass is 561 g/mol. The lowest BCUT2D eigenvalue weighted by Gasteiger charge is -2.21. The third-order valence-electron chi connectivity index (χ3n) is 6.54. The highest BCUT2D eigenvalue weighted by Gasteiger charge is 2.41. The van der Waals surface area contributed by atoms with Crippen LogP contribution >= 0.6 is 0 Å². The van der Waals surface area contributed by atoms with E-state index in [4.69, 9.17) is 0 Å². The highest BCUT2D eigenvalue weighted by Crippen LogP contribution is 2.40. The quantitative estimate of drug-likeness (QED) is 0.175. The summed E-state index contributed by atoms with van der Waals surface area (Å²) in [4.78, 5) is 26.2. The molecule has 0 radical (unpaired) electrons. The number of carbonyl (C=O) groups excluding carboxylic acids is 1. The molecule has 1 atom stereocenters. The van der Waals surface area contributed by atoms with E-state index in [0.717, 1.165) is 7.11 Å². The number of amides is 1. The van der Waals surface area contributed by atoms with Gasteiger partial charge in [-0.15, -0.1) is 0 Å². The van der Waals surface area contributed by atoms with E-state index in [9.17, 15) is 33.0 Å². The first kappa shape index (κ1) is 27.4. The van der Waals surface area contributed by atoms with Gasteiger partial charge in [0.25, 0.3) is 5.91 Å². The summed E-state index contributed by atoms with van der Waals surface area (Å²) in [5.74, 6) is -1.85. The summed E-state index contributed by atoms with van der Waals surface area (Å²) in [5.41, 5.74) is 4.97. The number of rotatable bonds is 7. The van der Waals surface area contributed by atoms with Crippen LogP contribution in [0.25, 0.3) is 11.1 Å². The number of para-hydroxylation sites is 2. The number of carboxylic acid groups (broad SMARTS) is 1. The first-order valence-electron chi connectivity index (χ1n) is 12.2. The fraction of sp³-hybridized carbons (Fsp3) is 0.100. The smallest absolute Gasteiger partial charge is 0.418 e. The number of aromatic hydroxyl groups is 1. The molecule has 1 heterocycles. The molecular weight excluding hydrogens is 539 g/mol. The Morgan fingerprint density at radius 1 is 0.951 bits per heavy atom. The highest BCUT2D eigenvalue weighted by atomic mass is 19.4. The van der Waals surface area contributed by atoms with Crippen LogP contribution < -0.4 is 10.3 Å². The average Bonchev–Trinajstić information content (AvgIpc) is 3.23. The zero-order valence-electron chi connectivity index (χ0n) is 21.4. The molecule has 4 aromatic rings. The van der Waals surface area contributed by atoms with Crippen LogP contribution in [0, 0.1) is 0 Å². The van der Waals surface area contributed by atoms with Crippen LogP contribution in [0.2, 0.25) is 0 Å². The summed E-state index contributed by atoms with van der Waals surface area (Å²) in [6.07, 6.45) is -6.70. The Kier molecular flexibility index (Phi) is 7.21. The summed E-state index contributed by atoms with van der Waals surface area (Å²) in [5, 5.41) is 24.5. The predicted octanol–water partition coefficient (Wildman–Crippen LogP) is 6.50. The zero-order valence-corrected chi connectivity index (χ0v) is 21.4. The number of hydrazone groups is 1. The number of alkyl halides is 3. The van der Waals surface area contributed by atoms with Crippen LogP contribution in [-0.4, -0.2) is 41.1 Å². The van der Waals surface area contributed by atoms with Gasteiger partial charge in [0.2, 0.25) is 0 Å². The lowest BCUT2D eigenvalue weighted by molar-refractivity contribution is -0.215. The number of carbonyl (C=O) groups is 2. The van der Waals surface area contributed by atoms with E-state index < -0.39 is 24.2 Å². The van der Waals surface area contributed by atoms with Crippen LogP contribution in [0.15, 0.2) is 96.1 Å². The van der Waals surface area contributed by atoms with Crippen molar-refractivity contribution in [3.63, 3.8) is 0 Å². The molecule has 8 nitrogen and oxygen atoms in total. The van der Waals surface area contributed by atoms with Crippen molar-refractivity contribution in [3.05, 3.63) is 108 Å². The number of phenolic OH excluding ortho intramolecular Hbond substituents is 1. The van der Waals surface area contributed by atoms with Crippen LogP contribution in [0.4, 0.5) is 30.2 Å². The summed E-state index contributed by atoms with van der Waals surface area (Å²) >= 11 is 0. The molecule has 4 aromatic carbocycles. The standard InChI is InChI=1S/C30H22F3N3O5/c1-41-27(30(31,32)33)17-12-14-20(15-13-17)36-24-11-3-2-8-22(24)25(28(36)38)35-34-23-10-5-9-21(26(23)37)18-6-4-7-19(16-18)29(39)40/h2-16,27,34,37H,1H3,(H,39,40). The molecule has 0 saturated carbocycles. The molecule has 11 heteroatoms. The number of carboxylic acids is 1. The SMILES string of the molecule is COC(c1ccc(N2C(=O)C(=NNc3cccc(-c4cccc(C(=O)O)c4)c3O)c3ccccc32)cc1)C(F)(F)F. The second kappa shape index (κ2) is 10.8. The van der Waals surface area contributed by atoms with Crippen molar-refractivity contribution in [1.29, 1.82) is 0 Å². The van der Waals surface area contributed by atoms with Gasteiger partial charge in [0.15, 0.2) is 11.8 Å². The Bertz CT molecular complexity index is 1670. The molecule has 3 N–H and O–H groups in total. The van der Waals surface area contributed by atoms with Crippen molar-refractivity contribution in [2.24, 2.45) is 5.10 Å². The van der Waals surface area contributed by atoms with Gasteiger partial charge in [-0.2, -0.15) is 18.3 Å². The Morgan fingerprint density at radius 2 is 1.63 bits per heavy atom. The minimum atomic E-state index is -4.60. The van der Waals surface area contributed by atoms with Crippen LogP contribution in [0.5, 0.6) is 5.75 Å². The molecule has 0 fully saturated rings. The molecule has 208 valence electrons. The van der Waals surface area contributed by atoms with E-state index >= 15 is 0 Å². The number of halogens is 3. The highest BCUT2D eigenvalue weighted by molar-refractivity contribution is 6.55. The number of hydrogen-bond acceptors (Lipinski definition) is 6. The van der Waals surface area contributed by atoms with E-state index in [1.807, 2.05) is 0 Å². The summed E-state index contributed by atoms with van der Waals surface area (Å²) < 4.78 is 44.5. The normalized spacial score (nSPS) is 14.7. The maximum Gasteiger partial charge on any atom is 0.418 e. The lowest BCUT2D eigenvalue weighted by atomic mass is 10.0. The van der Waals surface area contributed by atoms with Crippen LogP contribution in [-0.2, 0) is 9.53 Å². The minimum Gasteiger partial charge on any atom is -0.505 e. The zero-order chi connectivity index (χ0) is 29.3. The van der Waals surface area contributed by atoms with Gasteiger partial charge in [-0.05, 0) is 47.5 Å². The van der Waals surface area contributed by atoms with Crippen LogP contribution in [0.1, 0.15) is 27.6 Å². The second-order valence-electron chi connectivity index (χ2n) is 9.07. The van der Waals surface area contributed by atoms with Gasteiger partial charge in [-0.1, -0.05) is 54.6 Å². The van der Waals surface area contributed by atoms with Gasteiger partial charge >= 0.3 is 12.1 Å². The van der Waals surface area contributed by atoms with E-state index in [-0.39, 0.29) is 28.3 Å². The van der Waals surface area contributed by atoms with Crippen molar-refractivity contribution < 1.29 is 37.7 Å². The van der Waals surface area contributed by atoms with E-state index in [0.29, 0.717) is 28.1 Å². The third-order valence-corrected chi connectivity index (χ3v) is 6.54. The molecule has 1 aliphatic heterocycles. The summed E-state index contributed by atoms with van der Waals surface area (Å²) in [6.45, 7) is 0. The number of aromatic carboxylic acids is 1. The van der Waals surface area contributed by atoms with Gasteiger partial charge in [0, 0.05) is 23.9 Å². The number of nitrogens with one attached hydrogen (secondary N) is 1. The van der Waals surface area contributed by atoms with Crippen molar-refractivity contribution >= 4 is 34.7 Å². The van der Waals surface area contributed by atoms with Gasteiger partial charge in [0.05, 0.1) is 16.9 Å². The molecule has 1 aliphatic rings. The van der Waals surface area contributed by atoms with Crippen molar-refractivity contribution in [3.8, 4) is 16.9 Å². The van der Waals surface area contributed by atoms with Gasteiger partial charge in [0.1, 0.15) is 5.75 Å². The average molecular weight is 562 g/mol. The first-order valence-corrected chi connectivity index (χ1v) is 12.2. The predicted molar refractivity (Wildman–Crippen MR) is 146 cm³/mol. The molecule has 0 saturated heterocycles. The fourth-order valence-electron chi connectivity index (χ4n) is 4.62. The van der Waals surface area contributed by atoms with E-state index in [1.54, 1.807) is 54.6 Å². The van der Waals surface area contributed by atoms with Crippen molar-refractivity contribution in [2.75, 3.05) is 17.4 Å². The maximum atomic E-state index is 13.5. The number of anilines is 3. The molecule has 1 amide bonds. The number of ether oxygens (including phenoxy) is 1. The number of methoxy groups -OCH3 is 1. The first-order chi connectivity index (χ1) is 19.6.